The zero-order chi connectivity index (χ0) is 14.8. The van der Waals surface area contributed by atoms with Gasteiger partial charge in [-0.15, -0.1) is 0 Å². The maximum Gasteiger partial charge on any atom is 0.326 e. The first kappa shape index (κ1) is 17.4. The smallest absolute Gasteiger partial charge is 0.326 e. The summed E-state index contributed by atoms with van der Waals surface area (Å²) in [5.74, 6) is -2.67. The number of carbonyl (C=O) groups excluding carboxylic acids is 1. The minimum Gasteiger partial charge on any atom is -0.481 e. The summed E-state index contributed by atoms with van der Waals surface area (Å²) in [6, 6.07) is -1.80. The molecule has 0 fully saturated rings. The van der Waals surface area contributed by atoms with Crippen molar-refractivity contribution in [3.8, 4) is 0 Å². The van der Waals surface area contributed by atoms with Crippen LogP contribution in [0.2, 0.25) is 0 Å². The zero-order valence-electron chi connectivity index (χ0n) is 11.1. The third-order valence-corrected chi connectivity index (χ3v) is 2.70. The number of amides is 1. The Morgan fingerprint density at radius 3 is 2.26 bits per heavy atom. The molecule has 0 heterocycles. The van der Waals surface area contributed by atoms with E-state index in [4.69, 9.17) is 15.9 Å². The first-order chi connectivity index (χ1) is 8.88. The second kappa shape index (κ2) is 9.32. The number of carboxylic acids is 2. The summed E-state index contributed by atoms with van der Waals surface area (Å²) in [6.07, 6.45) is 2.35. The second-order valence-corrected chi connectivity index (χ2v) is 4.43. The lowest BCUT2D eigenvalue weighted by atomic mass is 10.1. The number of hydrogen-bond acceptors (Lipinski definition) is 4. The second-order valence-electron chi connectivity index (χ2n) is 4.43. The lowest BCUT2D eigenvalue weighted by Gasteiger charge is -2.17. The molecule has 19 heavy (non-hydrogen) atoms. The lowest BCUT2D eigenvalue weighted by molar-refractivity contribution is -0.143. The molecule has 0 bridgehead atoms. The average molecular weight is 274 g/mol. The Morgan fingerprint density at radius 2 is 1.79 bits per heavy atom. The van der Waals surface area contributed by atoms with E-state index in [9.17, 15) is 14.4 Å². The fraction of sp³-hybridized carbons (Fsp3) is 0.750. The van der Waals surface area contributed by atoms with Crippen molar-refractivity contribution in [1.82, 2.24) is 5.32 Å². The molecule has 110 valence electrons. The predicted octanol–water partition coefficient (Wildman–Crippen LogP) is 0.328. The molecule has 7 heteroatoms. The lowest BCUT2D eigenvalue weighted by Crippen LogP contribution is -2.48. The van der Waals surface area contributed by atoms with Crippen molar-refractivity contribution in [2.45, 2.75) is 57.5 Å². The van der Waals surface area contributed by atoms with Gasteiger partial charge < -0.3 is 21.3 Å². The fourth-order valence-corrected chi connectivity index (χ4v) is 1.55. The molecule has 5 N–H and O–H groups in total. The Hall–Kier alpha value is -1.63. The fourth-order valence-electron chi connectivity index (χ4n) is 1.55. The van der Waals surface area contributed by atoms with Crippen LogP contribution in [0.3, 0.4) is 0 Å². The Balaban J connectivity index is 4.21. The summed E-state index contributed by atoms with van der Waals surface area (Å²) >= 11 is 0. The van der Waals surface area contributed by atoms with Gasteiger partial charge in [-0.25, -0.2) is 4.79 Å². The molecule has 0 spiro atoms. The van der Waals surface area contributed by atoms with Gasteiger partial charge in [0.15, 0.2) is 0 Å². The van der Waals surface area contributed by atoms with Gasteiger partial charge in [-0.05, 0) is 19.3 Å². The molecule has 0 saturated heterocycles. The summed E-state index contributed by atoms with van der Waals surface area (Å²) in [4.78, 5) is 32.9. The Kier molecular flexibility index (Phi) is 8.52. The van der Waals surface area contributed by atoms with Crippen LogP contribution in [0.5, 0.6) is 0 Å². The minimum atomic E-state index is -1.18. The number of aliphatic carboxylic acids is 2. The Labute approximate surface area is 112 Å². The minimum absolute atomic E-state index is 0.0773. The third kappa shape index (κ3) is 8.15. The van der Waals surface area contributed by atoms with E-state index < -0.39 is 29.9 Å². The van der Waals surface area contributed by atoms with E-state index in [1.54, 1.807) is 0 Å². The quantitative estimate of drug-likeness (QED) is 0.454. The number of hydrogen-bond donors (Lipinski definition) is 4. The Bertz CT molecular complexity index is 319. The molecule has 1 amide bonds. The van der Waals surface area contributed by atoms with Crippen LogP contribution in [0, 0.1) is 0 Å². The van der Waals surface area contributed by atoms with E-state index in [2.05, 4.69) is 5.32 Å². The molecule has 0 aliphatic carbocycles. The number of nitrogens with two attached hydrogens (primary N) is 1. The molecule has 0 radical (unpaired) electrons. The summed E-state index contributed by atoms with van der Waals surface area (Å²) in [5, 5.41) is 19.8. The maximum atomic E-state index is 11.6. The van der Waals surface area contributed by atoms with Crippen molar-refractivity contribution in [1.29, 1.82) is 0 Å². The topological polar surface area (TPSA) is 130 Å². The molecule has 0 aromatic carbocycles. The van der Waals surface area contributed by atoms with Crippen LogP contribution in [0.1, 0.15) is 45.4 Å². The number of rotatable bonds is 10. The monoisotopic (exact) mass is 274 g/mol. The summed E-state index contributed by atoms with van der Waals surface area (Å²) in [7, 11) is 0. The first-order valence-corrected chi connectivity index (χ1v) is 6.39. The van der Waals surface area contributed by atoms with Crippen molar-refractivity contribution in [3.05, 3.63) is 0 Å². The largest absolute Gasteiger partial charge is 0.481 e. The van der Waals surface area contributed by atoms with Crippen molar-refractivity contribution in [3.63, 3.8) is 0 Å². The standard InChI is InChI=1S/C12H22N2O5/c1-2-3-5-8(13)11(17)14-9(12(18)19)6-4-7-10(15)16/h8-9H,2-7,13H2,1H3,(H,14,17)(H,15,16)(H,18,19)/t8-,9+/m0/s1. The highest BCUT2D eigenvalue weighted by atomic mass is 16.4. The van der Waals surface area contributed by atoms with E-state index in [0.29, 0.717) is 6.42 Å². The van der Waals surface area contributed by atoms with Crippen LogP contribution < -0.4 is 11.1 Å². The van der Waals surface area contributed by atoms with Crippen LogP contribution in [0.4, 0.5) is 0 Å². The van der Waals surface area contributed by atoms with Crippen LogP contribution >= 0.6 is 0 Å². The molecule has 0 aliphatic heterocycles. The van der Waals surface area contributed by atoms with Gasteiger partial charge in [0.25, 0.3) is 0 Å². The van der Waals surface area contributed by atoms with E-state index >= 15 is 0 Å². The number of unbranched alkanes of at least 4 members (excludes halogenated alkanes) is 1. The van der Waals surface area contributed by atoms with Crippen LogP contribution in [0.15, 0.2) is 0 Å². The normalized spacial score (nSPS) is 13.6. The Morgan fingerprint density at radius 1 is 1.16 bits per heavy atom. The molecule has 0 rings (SSSR count). The van der Waals surface area contributed by atoms with Gasteiger partial charge in [0, 0.05) is 6.42 Å². The van der Waals surface area contributed by atoms with E-state index in [1.807, 2.05) is 6.92 Å². The summed E-state index contributed by atoms with van der Waals surface area (Å²) in [6.45, 7) is 1.97. The number of carbonyl (C=O) groups is 3. The molecule has 7 nitrogen and oxygen atoms in total. The van der Waals surface area contributed by atoms with E-state index in [-0.39, 0.29) is 19.3 Å². The van der Waals surface area contributed by atoms with Gasteiger partial charge >= 0.3 is 11.9 Å². The van der Waals surface area contributed by atoms with Crippen LogP contribution in [0.25, 0.3) is 0 Å². The van der Waals surface area contributed by atoms with Crippen molar-refractivity contribution in [2.75, 3.05) is 0 Å². The summed E-state index contributed by atoms with van der Waals surface area (Å²) in [5.41, 5.74) is 5.63. The number of nitrogens with one attached hydrogen (secondary N) is 1. The molecule has 0 aromatic heterocycles. The van der Waals surface area contributed by atoms with E-state index in [0.717, 1.165) is 12.8 Å². The van der Waals surface area contributed by atoms with Crippen molar-refractivity contribution < 1.29 is 24.6 Å². The highest BCUT2D eigenvalue weighted by Crippen LogP contribution is 2.04. The third-order valence-electron chi connectivity index (χ3n) is 2.70. The molecule has 2 atom stereocenters. The van der Waals surface area contributed by atoms with Crippen LogP contribution in [-0.4, -0.2) is 40.1 Å². The van der Waals surface area contributed by atoms with Gasteiger partial charge in [0.1, 0.15) is 6.04 Å². The number of carboxylic acid groups (broad SMARTS) is 2. The highest BCUT2D eigenvalue weighted by Gasteiger charge is 2.22. The van der Waals surface area contributed by atoms with Gasteiger partial charge in [-0.3, -0.25) is 9.59 Å². The van der Waals surface area contributed by atoms with Gasteiger partial charge in [-0.1, -0.05) is 19.8 Å². The van der Waals surface area contributed by atoms with Crippen molar-refractivity contribution >= 4 is 17.8 Å². The van der Waals surface area contributed by atoms with Gasteiger partial charge in [-0.2, -0.15) is 0 Å². The predicted molar refractivity (Wildman–Crippen MR) is 68.6 cm³/mol. The average Bonchev–Trinajstić information content (AvgIpc) is 2.33. The van der Waals surface area contributed by atoms with Crippen molar-refractivity contribution in [2.24, 2.45) is 5.73 Å². The SMILES string of the molecule is CCCC[C@H](N)C(=O)N[C@H](CCCC(=O)O)C(=O)O. The zero-order valence-corrected chi connectivity index (χ0v) is 11.1. The molecule has 0 saturated carbocycles. The molecule has 0 aliphatic rings. The molecule has 0 unspecified atom stereocenters. The van der Waals surface area contributed by atoms with Gasteiger partial charge in [0.2, 0.25) is 5.91 Å². The maximum absolute atomic E-state index is 11.6. The molecular weight excluding hydrogens is 252 g/mol. The van der Waals surface area contributed by atoms with Crippen LogP contribution in [-0.2, 0) is 14.4 Å². The van der Waals surface area contributed by atoms with E-state index in [1.165, 1.54) is 0 Å². The summed E-state index contributed by atoms with van der Waals surface area (Å²) < 4.78 is 0. The highest BCUT2D eigenvalue weighted by molar-refractivity contribution is 5.86. The molecular formula is C12H22N2O5. The first-order valence-electron chi connectivity index (χ1n) is 6.39. The molecule has 0 aromatic rings. The van der Waals surface area contributed by atoms with Gasteiger partial charge in [0.05, 0.1) is 6.04 Å².